The van der Waals surface area contributed by atoms with E-state index in [0.29, 0.717) is 12.2 Å². The van der Waals surface area contributed by atoms with Crippen LogP contribution in [0.5, 0.6) is 0 Å². The molecular formula is C16H20N2. The van der Waals surface area contributed by atoms with E-state index in [1.807, 2.05) is 37.3 Å². The maximum absolute atomic E-state index is 5.62. The Balaban J connectivity index is 2.70. The summed E-state index contributed by atoms with van der Waals surface area (Å²) in [7, 11) is 0. The molecule has 0 aliphatic carbocycles. The van der Waals surface area contributed by atoms with Gasteiger partial charge in [0.05, 0.1) is 0 Å². The number of hydrogen-bond acceptors (Lipinski definition) is 2. The highest BCUT2D eigenvalue weighted by Crippen LogP contribution is 2.08. The lowest BCUT2D eigenvalue weighted by molar-refractivity contribution is 1.07. The smallest absolute Gasteiger partial charge is 0.0308 e. The maximum Gasteiger partial charge on any atom is 0.0308 e. The van der Waals surface area contributed by atoms with Gasteiger partial charge in [0.25, 0.3) is 0 Å². The van der Waals surface area contributed by atoms with E-state index in [1.165, 1.54) is 0 Å². The van der Waals surface area contributed by atoms with Crippen molar-refractivity contribution in [1.82, 2.24) is 0 Å². The Morgan fingerprint density at radius 3 is 2.44 bits per heavy atom. The summed E-state index contributed by atoms with van der Waals surface area (Å²) < 4.78 is 0. The monoisotopic (exact) mass is 240 g/mol. The highest BCUT2D eigenvalue weighted by molar-refractivity contribution is 5.53. The first-order valence-corrected chi connectivity index (χ1v) is 5.89. The summed E-state index contributed by atoms with van der Waals surface area (Å²) in [5.41, 5.74) is 15.3. The molecule has 0 aliphatic heterocycles. The van der Waals surface area contributed by atoms with E-state index in [9.17, 15) is 0 Å². The van der Waals surface area contributed by atoms with E-state index in [-0.39, 0.29) is 0 Å². The molecule has 1 aromatic carbocycles. The Bertz CT molecular complexity index is 476. The second-order valence-electron chi connectivity index (χ2n) is 4.06. The zero-order valence-electron chi connectivity index (χ0n) is 10.8. The molecule has 0 aromatic heterocycles. The number of rotatable bonds is 5. The molecule has 94 valence electrons. The molecule has 0 spiro atoms. The quantitative estimate of drug-likeness (QED) is 0.777. The lowest BCUT2D eigenvalue weighted by Crippen LogP contribution is -1.94. The van der Waals surface area contributed by atoms with Gasteiger partial charge in [0.2, 0.25) is 0 Å². The number of nitrogens with two attached hydrogens (primary N) is 2. The molecule has 4 N–H and O–H groups in total. The van der Waals surface area contributed by atoms with Crippen LogP contribution in [-0.2, 0) is 6.54 Å². The highest BCUT2D eigenvalue weighted by Gasteiger charge is 1.89. The molecule has 1 rings (SSSR count). The van der Waals surface area contributed by atoms with Crippen molar-refractivity contribution >= 4 is 6.08 Å². The highest BCUT2D eigenvalue weighted by atomic mass is 14.5. The van der Waals surface area contributed by atoms with Gasteiger partial charge in [-0.05, 0) is 30.2 Å². The van der Waals surface area contributed by atoms with Gasteiger partial charge in [-0.3, -0.25) is 0 Å². The standard InChI is InChI=1S/C16H20N2/c1-3-16(18)11-5-13(2)4-6-14-7-9-15(12-17)10-8-14/h3-11H,1,12,17-18H2,2H3/b6-4+,13-5+,16-11+. The summed E-state index contributed by atoms with van der Waals surface area (Å²) in [4.78, 5) is 0. The van der Waals surface area contributed by atoms with E-state index in [1.54, 1.807) is 6.08 Å². The summed E-state index contributed by atoms with van der Waals surface area (Å²) in [5.74, 6) is 0. The number of benzene rings is 1. The van der Waals surface area contributed by atoms with Gasteiger partial charge in [-0.1, -0.05) is 54.6 Å². The SMILES string of the molecule is C=C\C(N)=C/C=C(C)/C=C/c1ccc(CN)cc1. The molecule has 0 unspecified atom stereocenters. The van der Waals surface area contributed by atoms with Crippen molar-refractivity contribution in [2.45, 2.75) is 13.5 Å². The van der Waals surface area contributed by atoms with Crippen LogP contribution >= 0.6 is 0 Å². The van der Waals surface area contributed by atoms with Crippen molar-refractivity contribution in [2.75, 3.05) is 0 Å². The van der Waals surface area contributed by atoms with Crippen molar-refractivity contribution in [3.63, 3.8) is 0 Å². The maximum atomic E-state index is 5.62. The fourth-order valence-corrected chi connectivity index (χ4v) is 1.34. The second-order valence-corrected chi connectivity index (χ2v) is 4.06. The molecule has 0 amide bonds. The molecule has 0 aliphatic rings. The van der Waals surface area contributed by atoms with E-state index in [0.717, 1.165) is 16.7 Å². The lowest BCUT2D eigenvalue weighted by atomic mass is 10.1. The van der Waals surface area contributed by atoms with Gasteiger partial charge in [-0.25, -0.2) is 0 Å². The minimum atomic E-state index is 0.578. The Morgan fingerprint density at radius 1 is 1.22 bits per heavy atom. The van der Waals surface area contributed by atoms with Crippen LogP contribution in [-0.4, -0.2) is 0 Å². The first-order chi connectivity index (χ1) is 8.65. The van der Waals surface area contributed by atoms with Crippen molar-refractivity contribution in [3.8, 4) is 0 Å². The summed E-state index contributed by atoms with van der Waals surface area (Å²) in [5, 5.41) is 0. The van der Waals surface area contributed by atoms with Crippen molar-refractivity contribution in [1.29, 1.82) is 0 Å². The molecule has 0 fully saturated rings. The van der Waals surface area contributed by atoms with Crippen LogP contribution in [0, 0.1) is 0 Å². The van der Waals surface area contributed by atoms with Crippen molar-refractivity contribution in [2.24, 2.45) is 11.5 Å². The number of hydrogen-bond donors (Lipinski definition) is 2. The van der Waals surface area contributed by atoms with E-state index in [4.69, 9.17) is 11.5 Å². The first-order valence-electron chi connectivity index (χ1n) is 5.89. The molecule has 0 radical (unpaired) electrons. The predicted octanol–water partition coefficient (Wildman–Crippen LogP) is 3.13. The van der Waals surface area contributed by atoms with Gasteiger partial charge in [-0.2, -0.15) is 0 Å². The Hall–Kier alpha value is -2.06. The van der Waals surface area contributed by atoms with Crippen LogP contribution < -0.4 is 11.5 Å². The van der Waals surface area contributed by atoms with E-state index in [2.05, 4.69) is 24.8 Å². The molecule has 0 atom stereocenters. The molecule has 2 heteroatoms. The predicted molar refractivity (Wildman–Crippen MR) is 79.6 cm³/mol. The molecule has 2 nitrogen and oxygen atoms in total. The van der Waals surface area contributed by atoms with Gasteiger partial charge in [0.15, 0.2) is 0 Å². The summed E-state index contributed by atoms with van der Waals surface area (Å²) in [6, 6.07) is 8.18. The summed E-state index contributed by atoms with van der Waals surface area (Å²) in [6.45, 7) is 6.20. The molecule has 18 heavy (non-hydrogen) atoms. The lowest BCUT2D eigenvalue weighted by Gasteiger charge is -1.97. The molecule has 1 aromatic rings. The third-order valence-electron chi connectivity index (χ3n) is 2.53. The molecule has 0 saturated heterocycles. The minimum absolute atomic E-state index is 0.578. The van der Waals surface area contributed by atoms with Crippen LogP contribution in [0.15, 0.2) is 66.4 Å². The van der Waals surface area contributed by atoms with Gasteiger partial charge in [-0.15, -0.1) is 0 Å². The normalized spacial score (nSPS) is 13.0. The van der Waals surface area contributed by atoms with Gasteiger partial charge < -0.3 is 11.5 Å². The zero-order valence-corrected chi connectivity index (χ0v) is 10.8. The Morgan fingerprint density at radius 2 is 1.89 bits per heavy atom. The second kappa shape index (κ2) is 7.30. The minimum Gasteiger partial charge on any atom is -0.399 e. The van der Waals surface area contributed by atoms with E-state index >= 15 is 0 Å². The Labute approximate surface area is 109 Å². The van der Waals surface area contributed by atoms with Crippen LogP contribution in [0.2, 0.25) is 0 Å². The average molecular weight is 240 g/mol. The topological polar surface area (TPSA) is 52.0 Å². The van der Waals surface area contributed by atoms with E-state index < -0.39 is 0 Å². The van der Waals surface area contributed by atoms with Gasteiger partial charge in [0, 0.05) is 12.2 Å². The van der Waals surface area contributed by atoms with Crippen LogP contribution in [0.1, 0.15) is 18.1 Å². The third-order valence-corrected chi connectivity index (χ3v) is 2.53. The van der Waals surface area contributed by atoms with Crippen molar-refractivity contribution in [3.05, 3.63) is 77.5 Å². The fraction of sp³-hybridized carbons (Fsp3) is 0.125. The van der Waals surface area contributed by atoms with Crippen molar-refractivity contribution < 1.29 is 0 Å². The summed E-state index contributed by atoms with van der Waals surface area (Å²) >= 11 is 0. The van der Waals surface area contributed by atoms with Crippen LogP contribution in [0.3, 0.4) is 0 Å². The first kappa shape index (κ1) is 14.0. The molecule has 0 bridgehead atoms. The molecular weight excluding hydrogens is 220 g/mol. The molecule has 0 saturated carbocycles. The largest absolute Gasteiger partial charge is 0.399 e. The molecule has 0 heterocycles. The third kappa shape index (κ3) is 4.85. The Kier molecular flexibility index (Phi) is 5.68. The zero-order chi connectivity index (χ0) is 13.4. The summed E-state index contributed by atoms with van der Waals surface area (Å²) in [6.07, 6.45) is 9.53. The number of allylic oxidation sites excluding steroid dienone is 5. The van der Waals surface area contributed by atoms with Crippen LogP contribution in [0.25, 0.3) is 6.08 Å². The fourth-order valence-electron chi connectivity index (χ4n) is 1.34. The average Bonchev–Trinajstić information content (AvgIpc) is 2.42. The van der Waals surface area contributed by atoms with Gasteiger partial charge >= 0.3 is 0 Å². The van der Waals surface area contributed by atoms with Gasteiger partial charge in [0.1, 0.15) is 0 Å². The van der Waals surface area contributed by atoms with Crippen LogP contribution in [0.4, 0.5) is 0 Å².